The third-order valence-electron chi connectivity index (χ3n) is 2.80. The van der Waals surface area contributed by atoms with Gasteiger partial charge < -0.3 is 14.5 Å². The van der Waals surface area contributed by atoms with Crippen LogP contribution in [0, 0.1) is 0 Å². The zero-order valence-corrected chi connectivity index (χ0v) is 13.0. The van der Waals surface area contributed by atoms with E-state index in [1.165, 1.54) is 0 Å². The Balaban J connectivity index is 1.82. The number of hydrogen-bond donors (Lipinski definition) is 1. The van der Waals surface area contributed by atoms with E-state index in [0.717, 1.165) is 36.0 Å². The number of aromatic nitrogens is 2. The maximum Gasteiger partial charge on any atom is 0.248 e. The van der Waals surface area contributed by atoms with Crippen molar-refractivity contribution >= 4 is 15.9 Å². The van der Waals surface area contributed by atoms with Crippen molar-refractivity contribution in [3.8, 4) is 11.5 Å². The van der Waals surface area contributed by atoms with Crippen LogP contribution in [-0.4, -0.2) is 30.5 Å². The Kier molecular flexibility index (Phi) is 6.17. The predicted molar refractivity (Wildman–Crippen MR) is 80.3 cm³/mol. The Hall–Kier alpha value is -1.24. The van der Waals surface area contributed by atoms with Gasteiger partial charge in [0.1, 0.15) is 0 Å². The third kappa shape index (κ3) is 4.40. The van der Waals surface area contributed by atoms with Crippen LogP contribution < -0.4 is 5.32 Å². The lowest BCUT2D eigenvalue weighted by Crippen LogP contribution is -2.15. The molecule has 2 aromatic rings. The Morgan fingerprint density at radius 1 is 1.25 bits per heavy atom. The molecule has 0 radical (unpaired) electrons. The molecular formula is C14H18BrN3O2. The van der Waals surface area contributed by atoms with Crippen LogP contribution in [0.4, 0.5) is 0 Å². The molecular weight excluding hydrogens is 322 g/mol. The van der Waals surface area contributed by atoms with Crippen LogP contribution in [0.3, 0.4) is 0 Å². The first-order valence-electron chi connectivity index (χ1n) is 6.58. The molecule has 0 aliphatic rings. The second-order valence-electron chi connectivity index (χ2n) is 4.36. The van der Waals surface area contributed by atoms with Crippen LogP contribution in [0.5, 0.6) is 0 Å². The summed E-state index contributed by atoms with van der Waals surface area (Å²) in [5, 5.41) is 11.4. The predicted octanol–water partition coefficient (Wildman–Crippen LogP) is 3.02. The lowest BCUT2D eigenvalue weighted by Gasteiger charge is -2.01. The molecule has 5 nitrogen and oxygen atoms in total. The molecule has 0 aliphatic heterocycles. The summed E-state index contributed by atoms with van der Waals surface area (Å²) in [6, 6.07) is 7.79. The average Bonchev–Trinajstić information content (AvgIpc) is 2.92. The minimum Gasteiger partial charge on any atom is -0.419 e. The topological polar surface area (TPSA) is 60.2 Å². The first kappa shape index (κ1) is 15.2. The summed E-state index contributed by atoms with van der Waals surface area (Å²) in [6.07, 6.45) is 2.12. The van der Waals surface area contributed by atoms with E-state index in [9.17, 15) is 0 Å². The summed E-state index contributed by atoms with van der Waals surface area (Å²) >= 11 is 3.47. The van der Waals surface area contributed by atoms with Crippen LogP contribution >= 0.6 is 15.9 Å². The van der Waals surface area contributed by atoms with Gasteiger partial charge in [-0.1, -0.05) is 12.1 Å². The van der Waals surface area contributed by atoms with Crippen molar-refractivity contribution < 1.29 is 9.15 Å². The Bertz CT molecular complexity index is 531. The minimum atomic E-state index is 0.536. The molecule has 0 atom stereocenters. The minimum absolute atomic E-state index is 0.536. The smallest absolute Gasteiger partial charge is 0.248 e. The summed E-state index contributed by atoms with van der Waals surface area (Å²) in [5.74, 6) is 1.14. The SMILES string of the molecule is COCCCCNCc1nnc(-c2ccccc2Br)o1. The quantitative estimate of drug-likeness (QED) is 0.749. The summed E-state index contributed by atoms with van der Waals surface area (Å²) in [4.78, 5) is 0. The molecule has 108 valence electrons. The number of methoxy groups -OCH3 is 1. The monoisotopic (exact) mass is 339 g/mol. The molecule has 1 N–H and O–H groups in total. The summed E-state index contributed by atoms with van der Waals surface area (Å²) in [6.45, 7) is 2.30. The molecule has 0 saturated heterocycles. The molecule has 0 aliphatic carbocycles. The lowest BCUT2D eigenvalue weighted by molar-refractivity contribution is 0.192. The number of benzene rings is 1. The van der Waals surface area contributed by atoms with Crippen molar-refractivity contribution in [2.75, 3.05) is 20.3 Å². The van der Waals surface area contributed by atoms with E-state index in [1.807, 2.05) is 24.3 Å². The highest BCUT2D eigenvalue weighted by molar-refractivity contribution is 9.10. The molecule has 20 heavy (non-hydrogen) atoms. The van der Waals surface area contributed by atoms with E-state index >= 15 is 0 Å². The first-order chi connectivity index (χ1) is 9.81. The van der Waals surface area contributed by atoms with Crippen molar-refractivity contribution in [1.29, 1.82) is 0 Å². The van der Waals surface area contributed by atoms with Gasteiger partial charge in [-0.3, -0.25) is 0 Å². The number of nitrogens with zero attached hydrogens (tertiary/aromatic N) is 2. The number of unbranched alkanes of at least 4 members (excludes halogenated alkanes) is 1. The van der Waals surface area contributed by atoms with Gasteiger partial charge in [-0.15, -0.1) is 10.2 Å². The highest BCUT2D eigenvalue weighted by Gasteiger charge is 2.10. The molecule has 0 spiro atoms. The van der Waals surface area contributed by atoms with Crippen LogP contribution in [0.2, 0.25) is 0 Å². The molecule has 1 aromatic carbocycles. The Labute approximate surface area is 126 Å². The van der Waals surface area contributed by atoms with Crippen LogP contribution in [0.25, 0.3) is 11.5 Å². The molecule has 0 unspecified atom stereocenters. The van der Waals surface area contributed by atoms with Gasteiger partial charge in [-0.25, -0.2) is 0 Å². The van der Waals surface area contributed by atoms with Crippen molar-refractivity contribution in [3.63, 3.8) is 0 Å². The first-order valence-corrected chi connectivity index (χ1v) is 7.37. The maximum absolute atomic E-state index is 5.64. The van der Waals surface area contributed by atoms with Gasteiger partial charge in [0.15, 0.2) is 0 Å². The van der Waals surface area contributed by atoms with E-state index in [-0.39, 0.29) is 0 Å². The summed E-state index contributed by atoms with van der Waals surface area (Å²) < 4.78 is 11.6. The van der Waals surface area contributed by atoms with E-state index in [2.05, 4.69) is 31.4 Å². The largest absolute Gasteiger partial charge is 0.419 e. The molecule has 1 aromatic heterocycles. The zero-order valence-electron chi connectivity index (χ0n) is 11.4. The van der Waals surface area contributed by atoms with E-state index < -0.39 is 0 Å². The highest BCUT2D eigenvalue weighted by atomic mass is 79.9. The van der Waals surface area contributed by atoms with Gasteiger partial charge in [-0.2, -0.15) is 0 Å². The summed E-state index contributed by atoms with van der Waals surface area (Å²) in [5.41, 5.74) is 0.909. The number of halogens is 1. The van der Waals surface area contributed by atoms with E-state index in [0.29, 0.717) is 18.3 Å². The maximum atomic E-state index is 5.64. The second kappa shape index (κ2) is 8.14. The molecule has 2 rings (SSSR count). The van der Waals surface area contributed by atoms with E-state index in [4.69, 9.17) is 9.15 Å². The molecule has 6 heteroatoms. The van der Waals surface area contributed by atoms with Crippen molar-refractivity contribution in [2.24, 2.45) is 0 Å². The van der Waals surface area contributed by atoms with Crippen LogP contribution in [0.1, 0.15) is 18.7 Å². The fourth-order valence-corrected chi connectivity index (χ4v) is 2.21. The number of ether oxygens (including phenoxy) is 1. The normalized spacial score (nSPS) is 10.9. The van der Waals surface area contributed by atoms with Gasteiger partial charge in [-0.05, 0) is 47.4 Å². The molecule has 0 amide bonds. The highest BCUT2D eigenvalue weighted by Crippen LogP contribution is 2.26. The third-order valence-corrected chi connectivity index (χ3v) is 3.49. The fraction of sp³-hybridized carbons (Fsp3) is 0.429. The molecule has 1 heterocycles. The average molecular weight is 340 g/mol. The van der Waals surface area contributed by atoms with Gasteiger partial charge in [0.2, 0.25) is 11.8 Å². The van der Waals surface area contributed by atoms with Gasteiger partial charge in [0, 0.05) is 18.2 Å². The Morgan fingerprint density at radius 3 is 2.90 bits per heavy atom. The standard InChI is InChI=1S/C14H18BrN3O2/c1-19-9-5-4-8-16-10-13-17-18-14(20-13)11-6-2-3-7-12(11)15/h2-3,6-7,16H,4-5,8-10H2,1H3. The molecule has 0 saturated carbocycles. The Morgan fingerprint density at radius 2 is 2.10 bits per heavy atom. The van der Waals surface area contributed by atoms with Crippen molar-refractivity contribution in [3.05, 3.63) is 34.6 Å². The number of rotatable bonds is 8. The van der Waals surface area contributed by atoms with Crippen molar-refractivity contribution in [2.45, 2.75) is 19.4 Å². The molecule has 0 fully saturated rings. The van der Waals surface area contributed by atoms with Crippen molar-refractivity contribution in [1.82, 2.24) is 15.5 Å². The lowest BCUT2D eigenvalue weighted by atomic mass is 10.2. The van der Waals surface area contributed by atoms with Crippen LogP contribution in [0.15, 0.2) is 33.2 Å². The van der Waals surface area contributed by atoms with Gasteiger partial charge >= 0.3 is 0 Å². The van der Waals surface area contributed by atoms with E-state index in [1.54, 1.807) is 7.11 Å². The second-order valence-corrected chi connectivity index (χ2v) is 5.21. The van der Waals surface area contributed by atoms with Gasteiger partial charge in [0.25, 0.3) is 0 Å². The summed E-state index contributed by atoms with van der Waals surface area (Å²) in [7, 11) is 1.72. The number of nitrogens with one attached hydrogen (secondary N) is 1. The van der Waals surface area contributed by atoms with Gasteiger partial charge in [0.05, 0.1) is 12.1 Å². The number of hydrogen-bond acceptors (Lipinski definition) is 5. The molecule has 0 bridgehead atoms. The zero-order chi connectivity index (χ0) is 14.2. The van der Waals surface area contributed by atoms with Crippen LogP contribution in [-0.2, 0) is 11.3 Å². The fourth-order valence-electron chi connectivity index (χ4n) is 1.76.